The Morgan fingerprint density at radius 1 is 1.57 bits per heavy atom. The predicted molar refractivity (Wildman–Crippen MR) is 52.1 cm³/mol. The monoisotopic (exact) mass is 205 g/mol. The molecule has 0 aromatic rings. The lowest BCUT2D eigenvalue weighted by Gasteiger charge is -2.24. The molecule has 0 unspecified atom stereocenters. The van der Waals surface area contributed by atoms with Gasteiger partial charge < -0.3 is 20.3 Å². The van der Waals surface area contributed by atoms with E-state index in [4.69, 9.17) is 9.84 Å². The van der Waals surface area contributed by atoms with Gasteiger partial charge in [-0.25, -0.2) is 0 Å². The summed E-state index contributed by atoms with van der Waals surface area (Å²) in [5.41, 5.74) is 0. The van der Waals surface area contributed by atoms with Crippen molar-refractivity contribution in [3.05, 3.63) is 0 Å². The fourth-order valence-corrected chi connectivity index (χ4v) is 1.17. The van der Waals surface area contributed by atoms with E-state index in [9.17, 15) is 9.90 Å². The van der Waals surface area contributed by atoms with E-state index in [-0.39, 0.29) is 5.92 Å². The van der Waals surface area contributed by atoms with Crippen molar-refractivity contribution in [2.75, 3.05) is 20.3 Å². The molecule has 0 radical (unpaired) electrons. The quantitative estimate of drug-likeness (QED) is 0.531. The number of aliphatic hydroxyl groups excluding tert-OH is 1. The lowest BCUT2D eigenvalue weighted by molar-refractivity contribution is -0.143. The van der Waals surface area contributed by atoms with E-state index in [1.165, 1.54) is 7.05 Å². The average Bonchev–Trinajstić information content (AvgIpc) is 2.14. The molecular weight excluding hydrogens is 186 g/mol. The molecule has 0 heterocycles. The van der Waals surface area contributed by atoms with Gasteiger partial charge in [0, 0.05) is 12.5 Å². The number of aliphatic carboxylic acids is 1. The average molecular weight is 205 g/mol. The van der Waals surface area contributed by atoms with Crippen molar-refractivity contribution in [1.82, 2.24) is 5.32 Å². The summed E-state index contributed by atoms with van der Waals surface area (Å²) < 4.78 is 5.11. The first-order valence-corrected chi connectivity index (χ1v) is 4.70. The zero-order chi connectivity index (χ0) is 11.1. The number of ether oxygens (including phenoxy) is 1. The van der Waals surface area contributed by atoms with Crippen molar-refractivity contribution in [2.45, 2.75) is 26.0 Å². The molecule has 0 aliphatic heterocycles. The second-order valence-corrected chi connectivity index (χ2v) is 3.23. The number of likely N-dealkylation sites (N-methyl/N-ethyl adjacent to an activating group) is 1. The van der Waals surface area contributed by atoms with Gasteiger partial charge in [-0.15, -0.1) is 0 Å². The SMILES string of the molecule is CCOC[C@@H](C)[C@@H](O)[C@H](NC)C(=O)O. The van der Waals surface area contributed by atoms with Crippen LogP contribution in [0.2, 0.25) is 0 Å². The summed E-state index contributed by atoms with van der Waals surface area (Å²) in [6.45, 7) is 4.54. The zero-order valence-electron chi connectivity index (χ0n) is 8.86. The largest absolute Gasteiger partial charge is 0.480 e. The van der Waals surface area contributed by atoms with Gasteiger partial charge >= 0.3 is 5.97 Å². The van der Waals surface area contributed by atoms with E-state index in [0.717, 1.165) is 0 Å². The molecule has 0 aromatic carbocycles. The molecule has 0 spiro atoms. The van der Waals surface area contributed by atoms with Gasteiger partial charge in [0.15, 0.2) is 0 Å². The van der Waals surface area contributed by atoms with Crippen LogP contribution in [0.5, 0.6) is 0 Å². The van der Waals surface area contributed by atoms with Gasteiger partial charge in [0.05, 0.1) is 12.7 Å². The Bertz CT molecular complexity index is 174. The Kier molecular flexibility index (Phi) is 6.44. The van der Waals surface area contributed by atoms with Gasteiger partial charge in [0.1, 0.15) is 6.04 Å². The van der Waals surface area contributed by atoms with Gasteiger partial charge in [-0.2, -0.15) is 0 Å². The molecule has 0 rings (SSSR count). The minimum absolute atomic E-state index is 0.205. The Labute approximate surface area is 84.1 Å². The number of hydrogen-bond donors (Lipinski definition) is 3. The van der Waals surface area contributed by atoms with Crippen molar-refractivity contribution in [3.63, 3.8) is 0 Å². The van der Waals surface area contributed by atoms with Gasteiger partial charge in [-0.3, -0.25) is 4.79 Å². The second-order valence-electron chi connectivity index (χ2n) is 3.23. The number of carboxylic acid groups (broad SMARTS) is 1. The van der Waals surface area contributed by atoms with Crippen molar-refractivity contribution in [1.29, 1.82) is 0 Å². The molecule has 0 saturated carbocycles. The van der Waals surface area contributed by atoms with Crippen LogP contribution in [0.1, 0.15) is 13.8 Å². The third kappa shape index (κ3) is 4.04. The normalized spacial score (nSPS) is 17.4. The van der Waals surface area contributed by atoms with Crippen LogP contribution in [0.15, 0.2) is 0 Å². The highest BCUT2D eigenvalue weighted by Gasteiger charge is 2.29. The van der Waals surface area contributed by atoms with Gasteiger partial charge in [-0.05, 0) is 14.0 Å². The highest BCUT2D eigenvalue weighted by molar-refractivity contribution is 5.74. The minimum atomic E-state index is -1.05. The molecule has 84 valence electrons. The number of aliphatic hydroxyl groups is 1. The van der Waals surface area contributed by atoms with Crippen LogP contribution in [-0.2, 0) is 9.53 Å². The molecule has 0 saturated heterocycles. The maximum Gasteiger partial charge on any atom is 0.323 e. The Morgan fingerprint density at radius 2 is 2.14 bits per heavy atom. The molecule has 0 aliphatic carbocycles. The van der Waals surface area contributed by atoms with Crippen LogP contribution in [0.25, 0.3) is 0 Å². The van der Waals surface area contributed by atoms with E-state index in [1.807, 2.05) is 6.92 Å². The first-order chi connectivity index (χ1) is 6.54. The van der Waals surface area contributed by atoms with Gasteiger partial charge in [0.2, 0.25) is 0 Å². The molecule has 5 nitrogen and oxygen atoms in total. The van der Waals surface area contributed by atoms with Crippen LogP contribution in [0, 0.1) is 5.92 Å². The molecule has 3 N–H and O–H groups in total. The smallest absolute Gasteiger partial charge is 0.323 e. The van der Waals surface area contributed by atoms with Crippen LogP contribution in [0.4, 0.5) is 0 Å². The molecular formula is C9H19NO4. The third-order valence-electron chi connectivity index (χ3n) is 2.09. The standard InChI is InChI=1S/C9H19NO4/c1-4-14-5-6(2)8(11)7(10-3)9(12)13/h6-8,10-11H,4-5H2,1-3H3,(H,12,13)/t6-,7+,8-/m1/s1. The maximum absolute atomic E-state index is 10.7. The number of carboxylic acids is 1. The van der Waals surface area contributed by atoms with Crippen LogP contribution in [0.3, 0.4) is 0 Å². The van der Waals surface area contributed by atoms with Crippen LogP contribution >= 0.6 is 0 Å². The van der Waals surface area contributed by atoms with Gasteiger partial charge in [-0.1, -0.05) is 6.92 Å². The number of nitrogens with one attached hydrogen (secondary N) is 1. The Hall–Kier alpha value is -0.650. The Morgan fingerprint density at radius 3 is 2.50 bits per heavy atom. The van der Waals surface area contributed by atoms with Crippen molar-refractivity contribution < 1.29 is 19.7 Å². The minimum Gasteiger partial charge on any atom is -0.480 e. The Balaban J connectivity index is 4.12. The molecule has 0 bridgehead atoms. The number of carbonyl (C=O) groups is 1. The van der Waals surface area contributed by atoms with Crippen LogP contribution < -0.4 is 5.32 Å². The zero-order valence-corrected chi connectivity index (χ0v) is 8.86. The molecule has 5 heteroatoms. The van der Waals surface area contributed by atoms with E-state index < -0.39 is 18.1 Å². The maximum atomic E-state index is 10.7. The molecule has 3 atom stereocenters. The van der Waals surface area contributed by atoms with Crippen molar-refractivity contribution in [2.24, 2.45) is 5.92 Å². The lowest BCUT2D eigenvalue weighted by Crippen LogP contribution is -2.48. The van der Waals surface area contributed by atoms with Crippen molar-refractivity contribution in [3.8, 4) is 0 Å². The third-order valence-corrected chi connectivity index (χ3v) is 2.09. The van der Waals surface area contributed by atoms with E-state index in [0.29, 0.717) is 13.2 Å². The fourth-order valence-electron chi connectivity index (χ4n) is 1.17. The molecule has 0 aliphatic rings. The second kappa shape index (κ2) is 6.75. The number of hydrogen-bond acceptors (Lipinski definition) is 4. The summed E-state index contributed by atoms with van der Waals surface area (Å²) >= 11 is 0. The topological polar surface area (TPSA) is 78.8 Å². The highest BCUT2D eigenvalue weighted by atomic mass is 16.5. The highest BCUT2D eigenvalue weighted by Crippen LogP contribution is 2.08. The first kappa shape index (κ1) is 13.4. The van der Waals surface area contributed by atoms with E-state index in [2.05, 4.69) is 5.32 Å². The van der Waals surface area contributed by atoms with Crippen LogP contribution in [-0.4, -0.2) is 48.6 Å². The van der Waals surface area contributed by atoms with Crippen molar-refractivity contribution >= 4 is 5.97 Å². The summed E-state index contributed by atoms with van der Waals surface area (Å²) in [6, 6.07) is -0.939. The van der Waals surface area contributed by atoms with E-state index in [1.54, 1.807) is 6.92 Å². The summed E-state index contributed by atoms with van der Waals surface area (Å²) in [5, 5.41) is 21.0. The molecule has 0 fully saturated rings. The summed E-state index contributed by atoms with van der Waals surface area (Å²) in [5.74, 6) is -1.26. The molecule has 14 heavy (non-hydrogen) atoms. The molecule has 0 aromatic heterocycles. The first-order valence-electron chi connectivity index (χ1n) is 4.70. The predicted octanol–water partition coefficient (Wildman–Crippen LogP) is -0.307. The lowest BCUT2D eigenvalue weighted by atomic mass is 9.99. The summed E-state index contributed by atoms with van der Waals surface area (Å²) in [7, 11) is 1.51. The number of rotatable bonds is 7. The van der Waals surface area contributed by atoms with Gasteiger partial charge in [0.25, 0.3) is 0 Å². The fraction of sp³-hybridized carbons (Fsp3) is 0.889. The molecule has 0 amide bonds. The summed E-state index contributed by atoms with van der Waals surface area (Å²) in [4.78, 5) is 10.7. The van der Waals surface area contributed by atoms with E-state index >= 15 is 0 Å². The summed E-state index contributed by atoms with van der Waals surface area (Å²) in [6.07, 6.45) is -0.941.